The van der Waals surface area contributed by atoms with Crippen LogP contribution in [0.3, 0.4) is 0 Å². The van der Waals surface area contributed by atoms with Crippen molar-refractivity contribution in [2.45, 2.75) is 45.6 Å². The molecule has 2 aromatic rings. The van der Waals surface area contributed by atoms with Crippen LogP contribution in [-0.4, -0.2) is 40.5 Å². The van der Waals surface area contributed by atoms with Gasteiger partial charge in [-0.25, -0.2) is 4.79 Å². The number of carbonyl (C=O) groups is 1. The van der Waals surface area contributed by atoms with Crippen LogP contribution in [0.1, 0.15) is 55.9 Å². The van der Waals surface area contributed by atoms with Crippen LogP contribution >= 0.6 is 0 Å². The van der Waals surface area contributed by atoms with Crippen LogP contribution in [0.5, 0.6) is 0 Å². The molecule has 1 aliphatic rings. The van der Waals surface area contributed by atoms with Crippen molar-refractivity contribution in [3.63, 3.8) is 0 Å². The summed E-state index contributed by atoms with van der Waals surface area (Å²) in [6.45, 7) is 5.18. The van der Waals surface area contributed by atoms with Gasteiger partial charge in [0.15, 0.2) is 0 Å². The van der Waals surface area contributed by atoms with Gasteiger partial charge in [0, 0.05) is 25.2 Å². The first-order valence-corrected chi connectivity index (χ1v) is 9.02. The van der Waals surface area contributed by atoms with Gasteiger partial charge in [0.1, 0.15) is 0 Å². The van der Waals surface area contributed by atoms with Crippen molar-refractivity contribution in [2.75, 3.05) is 20.1 Å². The van der Waals surface area contributed by atoms with Crippen LogP contribution in [-0.2, 0) is 0 Å². The number of aromatic amines is 1. The Morgan fingerprint density at radius 2 is 2.04 bits per heavy atom. The first kappa shape index (κ1) is 17.7. The minimum Gasteiger partial charge on any atom is -0.341 e. The van der Waals surface area contributed by atoms with Crippen molar-refractivity contribution < 1.29 is 4.79 Å². The Labute approximate surface area is 148 Å². The zero-order chi connectivity index (χ0) is 18.2. The van der Waals surface area contributed by atoms with Crippen LogP contribution in [0, 0.1) is 5.41 Å². The zero-order valence-corrected chi connectivity index (χ0v) is 15.3. The molecule has 6 nitrogen and oxygen atoms in total. The lowest BCUT2D eigenvalue weighted by molar-refractivity contribution is 0.0740. The summed E-state index contributed by atoms with van der Waals surface area (Å²) in [5.41, 5.74) is 7.76. The van der Waals surface area contributed by atoms with Crippen molar-refractivity contribution in [1.29, 1.82) is 0 Å². The molecule has 0 bridgehead atoms. The van der Waals surface area contributed by atoms with Gasteiger partial charge in [-0.2, -0.15) is 0 Å². The molecule has 25 heavy (non-hydrogen) atoms. The third-order valence-corrected chi connectivity index (χ3v) is 5.22. The van der Waals surface area contributed by atoms with E-state index in [4.69, 9.17) is 5.73 Å². The lowest BCUT2D eigenvalue weighted by Crippen LogP contribution is -2.39. The van der Waals surface area contributed by atoms with E-state index in [-0.39, 0.29) is 23.1 Å². The molecule has 1 fully saturated rings. The van der Waals surface area contributed by atoms with E-state index < -0.39 is 0 Å². The Morgan fingerprint density at radius 1 is 1.36 bits per heavy atom. The molecular formula is C19H28N4O2. The quantitative estimate of drug-likeness (QED) is 0.874. The number of hydrogen-bond donors (Lipinski definition) is 2. The molecule has 0 saturated heterocycles. The van der Waals surface area contributed by atoms with E-state index in [1.54, 1.807) is 18.0 Å². The molecular weight excluding hydrogens is 316 g/mol. The van der Waals surface area contributed by atoms with Gasteiger partial charge in [-0.05, 0) is 43.0 Å². The number of amides is 1. The van der Waals surface area contributed by atoms with E-state index >= 15 is 0 Å². The molecule has 1 saturated carbocycles. The first-order valence-electron chi connectivity index (χ1n) is 9.02. The van der Waals surface area contributed by atoms with Crippen molar-refractivity contribution >= 4 is 16.9 Å². The fourth-order valence-electron chi connectivity index (χ4n) is 3.79. The number of rotatable bonds is 5. The second-order valence-corrected chi connectivity index (χ2v) is 8.00. The first-order chi connectivity index (χ1) is 11.8. The highest BCUT2D eigenvalue weighted by molar-refractivity contribution is 5.97. The molecule has 0 spiro atoms. The minimum atomic E-state index is -0.130. The molecule has 0 atom stereocenters. The standard InChI is InChI=1S/C19H28N4O2/c1-19(2,11-20)12-22(3)17(24)13-8-9-16-15(10-13)21-18(25)23(16)14-6-4-5-7-14/h8-10,14H,4-7,11-12,20H2,1-3H3,(H,21,25). The van der Waals surface area contributed by atoms with Crippen LogP contribution in [0.4, 0.5) is 0 Å². The Bertz CT molecular complexity index is 828. The summed E-state index contributed by atoms with van der Waals surface area (Å²) >= 11 is 0. The Kier molecular flexibility index (Phi) is 4.73. The Hall–Kier alpha value is -2.08. The number of benzene rings is 1. The van der Waals surface area contributed by atoms with E-state index in [0.29, 0.717) is 18.7 Å². The number of aromatic nitrogens is 2. The highest BCUT2D eigenvalue weighted by Crippen LogP contribution is 2.30. The van der Waals surface area contributed by atoms with Gasteiger partial charge in [-0.1, -0.05) is 26.7 Å². The maximum Gasteiger partial charge on any atom is 0.326 e. The van der Waals surface area contributed by atoms with Crippen molar-refractivity contribution in [1.82, 2.24) is 14.5 Å². The topological polar surface area (TPSA) is 84.1 Å². The van der Waals surface area contributed by atoms with Gasteiger partial charge in [0.05, 0.1) is 11.0 Å². The lowest BCUT2D eigenvalue weighted by Gasteiger charge is -2.29. The van der Waals surface area contributed by atoms with Crippen LogP contribution < -0.4 is 11.4 Å². The number of imidazole rings is 1. The van der Waals surface area contributed by atoms with Crippen LogP contribution in [0.2, 0.25) is 0 Å². The second-order valence-electron chi connectivity index (χ2n) is 8.00. The number of fused-ring (bicyclic) bond motifs is 1. The van der Waals surface area contributed by atoms with Crippen LogP contribution in [0.25, 0.3) is 11.0 Å². The lowest BCUT2D eigenvalue weighted by atomic mass is 9.93. The summed E-state index contributed by atoms with van der Waals surface area (Å²) in [5, 5.41) is 0. The van der Waals surface area contributed by atoms with E-state index in [1.807, 2.05) is 30.5 Å². The summed E-state index contributed by atoms with van der Waals surface area (Å²) in [6, 6.07) is 5.77. The molecule has 1 aromatic heterocycles. The minimum absolute atomic E-state index is 0.0575. The van der Waals surface area contributed by atoms with Gasteiger partial charge in [-0.3, -0.25) is 9.36 Å². The fraction of sp³-hybridized carbons (Fsp3) is 0.579. The van der Waals surface area contributed by atoms with Gasteiger partial charge >= 0.3 is 5.69 Å². The average molecular weight is 344 g/mol. The molecule has 1 aromatic carbocycles. The SMILES string of the molecule is CN(CC(C)(C)CN)C(=O)c1ccc2c(c1)[nH]c(=O)n2C1CCCC1. The summed E-state index contributed by atoms with van der Waals surface area (Å²) in [7, 11) is 1.79. The largest absolute Gasteiger partial charge is 0.341 e. The molecule has 0 aliphatic heterocycles. The molecule has 0 unspecified atom stereocenters. The van der Waals surface area contributed by atoms with Gasteiger partial charge in [0.25, 0.3) is 5.91 Å². The maximum absolute atomic E-state index is 12.7. The average Bonchev–Trinajstić information content (AvgIpc) is 3.19. The summed E-state index contributed by atoms with van der Waals surface area (Å²) in [4.78, 5) is 29.7. The Morgan fingerprint density at radius 3 is 2.68 bits per heavy atom. The molecule has 6 heteroatoms. The Balaban J connectivity index is 1.89. The molecule has 3 rings (SSSR count). The van der Waals surface area contributed by atoms with E-state index in [2.05, 4.69) is 4.98 Å². The molecule has 1 aliphatic carbocycles. The van der Waals surface area contributed by atoms with Crippen molar-refractivity contribution in [3.8, 4) is 0 Å². The van der Waals surface area contributed by atoms with E-state index in [1.165, 1.54) is 12.8 Å². The summed E-state index contributed by atoms with van der Waals surface area (Å²) in [5.74, 6) is -0.0575. The predicted octanol–water partition coefficient (Wildman–Crippen LogP) is 2.50. The molecule has 1 heterocycles. The number of nitrogens with zero attached hydrogens (tertiary/aromatic N) is 2. The molecule has 3 N–H and O–H groups in total. The molecule has 1 amide bonds. The van der Waals surface area contributed by atoms with Crippen molar-refractivity contribution in [2.24, 2.45) is 11.1 Å². The number of nitrogens with one attached hydrogen (secondary N) is 1. The number of nitrogens with two attached hydrogens (primary N) is 1. The van der Waals surface area contributed by atoms with E-state index in [9.17, 15) is 9.59 Å². The van der Waals surface area contributed by atoms with Crippen LogP contribution in [0.15, 0.2) is 23.0 Å². The van der Waals surface area contributed by atoms with Gasteiger partial charge in [-0.15, -0.1) is 0 Å². The third kappa shape index (κ3) is 3.49. The van der Waals surface area contributed by atoms with Gasteiger partial charge < -0.3 is 15.6 Å². The number of carbonyl (C=O) groups excluding carboxylic acids is 1. The second kappa shape index (κ2) is 6.67. The molecule has 136 valence electrons. The monoisotopic (exact) mass is 344 g/mol. The molecule has 0 radical (unpaired) electrons. The fourth-order valence-corrected chi connectivity index (χ4v) is 3.79. The van der Waals surface area contributed by atoms with E-state index in [0.717, 1.165) is 23.9 Å². The van der Waals surface area contributed by atoms with Gasteiger partial charge in [0.2, 0.25) is 0 Å². The number of H-pyrrole nitrogens is 1. The third-order valence-electron chi connectivity index (χ3n) is 5.22. The van der Waals surface area contributed by atoms with Crippen molar-refractivity contribution in [3.05, 3.63) is 34.2 Å². The predicted molar refractivity (Wildman–Crippen MR) is 99.9 cm³/mol. The number of hydrogen-bond acceptors (Lipinski definition) is 3. The maximum atomic E-state index is 12.7. The smallest absolute Gasteiger partial charge is 0.326 e. The highest BCUT2D eigenvalue weighted by atomic mass is 16.2. The normalized spacial score (nSPS) is 15.8. The highest BCUT2D eigenvalue weighted by Gasteiger charge is 2.24. The summed E-state index contributed by atoms with van der Waals surface area (Å²) in [6.07, 6.45) is 4.43. The summed E-state index contributed by atoms with van der Waals surface area (Å²) < 4.78 is 1.86. The zero-order valence-electron chi connectivity index (χ0n) is 15.3.